The molecule has 3 atom stereocenters. The Kier molecular flexibility index (Phi) is 5.25. The highest BCUT2D eigenvalue weighted by Gasteiger charge is 2.46. The largest absolute Gasteiger partial charge is 0.445 e. The van der Waals surface area contributed by atoms with Gasteiger partial charge in [0.25, 0.3) is 0 Å². The van der Waals surface area contributed by atoms with Gasteiger partial charge in [0.05, 0.1) is 11.3 Å². The molecule has 1 fully saturated rings. The highest BCUT2D eigenvalue weighted by molar-refractivity contribution is 7.80. The fourth-order valence-electron chi connectivity index (χ4n) is 1.78. The second-order valence-electron chi connectivity index (χ2n) is 4.45. The van der Waals surface area contributed by atoms with E-state index in [2.05, 4.69) is 38.8 Å². The SMILES string of the molecule is Cn1nnnc1C(S)C1NC(=O)C1NC(=O)OCC(Cl)(Cl)Cl. The lowest BCUT2D eigenvalue weighted by molar-refractivity contribution is -0.131. The highest BCUT2D eigenvalue weighted by atomic mass is 35.6. The second-order valence-corrected chi connectivity index (χ2v) is 7.53. The average molecular weight is 390 g/mol. The predicted octanol–water partition coefficient (Wildman–Crippen LogP) is 0.144. The fourth-order valence-corrected chi connectivity index (χ4v) is 2.41. The van der Waals surface area contributed by atoms with Crippen molar-refractivity contribution in [2.24, 2.45) is 7.05 Å². The molecule has 1 aliphatic rings. The van der Waals surface area contributed by atoms with Crippen LogP contribution in [-0.4, -0.2) is 54.7 Å². The standard InChI is InChI=1S/C9H11Cl3N6O3S/c1-18-6(15-16-17-18)5(22)3-4(7(19)13-3)14-8(20)21-2-9(10,11)12/h3-5,22H,2H2,1H3,(H,13,19)(H,14,20). The van der Waals surface area contributed by atoms with Gasteiger partial charge in [-0.05, 0) is 10.4 Å². The molecule has 22 heavy (non-hydrogen) atoms. The summed E-state index contributed by atoms with van der Waals surface area (Å²) in [7, 11) is 1.64. The Morgan fingerprint density at radius 3 is 2.77 bits per heavy atom. The Balaban J connectivity index is 1.94. The molecule has 1 aliphatic heterocycles. The van der Waals surface area contributed by atoms with E-state index in [9.17, 15) is 9.59 Å². The summed E-state index contributed by atoms with van der Waals surface area (Å²) >= 11 is 20.8. The third kappa shape index (κ3) is 4.06. The number of halogens is 3. The molecule has 2 heterocycles. The summed E-state index contributed by atoms with van der Waals surface area (Å²) in [6.07, 6.45) is -0.882. The highest BCUT2D eigenvalue weighted by Crippen LogP contribution is 2.28. The maximum absolute atomic E-state index is 11.6. The first-order valence-corrected chi connectivity index (χ1v) is 7.55. The number of tetrazole rings is 1. The number of ether oxygens (including phenoxy) is 1. The molecular weight excluding hydrogens is 379 g/mol. The lowest BCUT2D eigenvalue weighted by Gasteiger charge is -2.39. The molecule has 0 spiro atoms. The Morgan fingerprint density at radius 2 is 2.27 bits per heavy atom. The van der Waals surface area contributed by atoms with Gasteiger partial charge in [-0.15, -0.1) is 5.10 Å². The molecule has 0 aliphatic carbocycles. The second kappa shape index (κ2) is 6.65. The number of alkyl carbamates (subject to hydrolysis) is 1. The Labute approximate surface area is 145 Å². The molecule has 9 nitrogen and oxygen atoms in total. The molecule has 1 aromatic heterocycles. The van der Waals surface area contributed by atoms with Crippen molar-refractivity contribution in [2.45, 2.75) is 21.1 Å². The Morgan fingerprint density at radius 1 is 1.59 bits per heavy atom. The topological polar surface area (TPSA) is 111 Å². The molecule has 2 amide bonds. The van der Waals surface area contributed by atoms with Crippen LogP contribution in [0.15, 0.2) is 0 Å². The number of hydrogen-bond acceptors (Lipinski definition) is 7. The van der Waals surface area contributed by atoms with Gasteiger partial charge < -0.3 is 15.4 Å². The van der Waals surface area contributed by atoms with Gasteiger partial charge in [0, 0.05) is 7.05 Å². The van der Waals surface area contributed by atoms with E-state index in [-0.39, 0.29) is 5.91 Å². The van der Waals surface area contributed by atoms with Gasteiger partial charge in [-0.25, -0.2) is 9.48 Å². The van der Waals surface area contributed by atoms with Gasteiger partial charge in [-0.3, -0.25) is 4.79 Å². The van der Waals surface area contributed by atoms with E-state index < -0.39 is 33.8 Å². The first-order valence-electron chi connectivity index (χ1n) is 5.90. The third-order valence-corrected chi connectivity index (χ3v) is 3.73. The fraction of sp³-hybridized carbons (Fsp3) is 0.667. The molecule has 2 N–H and O–H groups in total. The number of rotatable bonds is 4. The van der Waals surface area contributed by atoms with Gasteiger partial charge in [0.2, 0.25) is 9.70 Å². The molecular formula is C9H11Cl3N6O3S. The minimum atomic E-state index is -1.73. The monoisotopic (exact) mass is 388 g/mol. The van der Waals surface area contributed by atoms with Crippen LogP contribution in [-0.2, 0) is 16.6 Å². The van der Waals surface area contributed by atoms with Crippen LogP contribution >= 0.6 is 47.4 Å². The summed E-state index contributed by atoms with van der Waals surface area (Å²) in [5.74, 6) is 0.0554. The van der Waals surface area contributed by atoms with Crippen molar-refractivity contribution >= 4 is 59.4 Å². The maximum atomic E-state index is 11.6. The lowest BCUT2D eigenvalue weighted by Crippen LogP contribution is -2.70. The number of carbonyl (C=O) groups excluding carboxylic acids is 2. The number of aryl methyl sites for hydroxylation is 1. The molecule has 122 valence electrons. The van der Waals surface area contributed by atoms with Gasteiger partial charge >= 0.3 is 6.09 Å². The Bertz CT molecular complexity index is 579. The zero-order valence-corrected chi connectivity index (χ0v) is 14.2. The van der Waals surface area contributed by atoms with Crippen molar-refractivity contribution in [1.29, 1.82) is 0 Å². The van der Waals surface area contributed by atoms with Crippen LogP contribution in [0.3, 0.4) is 0 Å². The average Bonchev–Trinajstić information content (AvgIpc) is 2.84. The van der Waals surface area contributed by atoms with Crippen LogP contribution in [0.4, 0.5) is 4.79 Å². The number of nitrogens with one attached hydrogen (secondary N) is 2. The van der Waals surface area contributed by atoms with Gasteiger partial charge in [-0.2, -0.15) is 12.6 Å². The van der Waals surface area contributed by atoms with E-state index in [4.69, 9.17) is 39.5 Å². The lowest BCUT2D eigenvalue weighted by atomic mass is 9.95. The summed E-state index contributed by atoms with van der Waals surface area (Å²) in [5, 5.41) is 15.4. The molecule has 0 radical (unpaired) electrons. The van der Waals surface area contributed by atoms with Crippen molar-refractivity contribution in [2.75, 3.05) is 6.61 Å². The minimum Gasteiger partial charge on any atom is -0.445 e. The predicted molar refractivity (Wildman–Crippen MR) is 81.0 cm³/mol. The van der Waals surface area contributed by atoms with E-state index in [0.717, 1.165) is 0 Å². The number of nitrogens with zero attached hydrogens (tertiary/aromatic N) is 4. The number of β-lactam (4-membered cyclic amide) rings is 1. The molecule has 13 heteroatoms. The molecule has 2 rings (SSSR count). The molecule has 1 saturated heterocycles. The van der Waals surface area contributed by atoms with Crippen LogP contribution in [0.25, 0.3) is 0 Å². The van der Waals surface area contributed by atoms with Crippen LogP contribution in [0, 0.1) is 0 Å². The van der Waals surface area contributed by atoms with Crippen molar-refractivity contribution < 1.29 is 14.3 Å². The smallest absolute Gasteiger partial charge is 0.408 e. The first-order chi connectivity index (χ1) is 10.2. The van der Waals surface area contributed by atoms with E-state index in [1.807, 2.05) is 0 Å². The molecule has 0 aromatic carbocycles. The van der Waals surface area contributed by atoms with Gasteiger partial charge in [0.15, 0.2) is 5.82 Å². The van der Waals surface area contributed by atoms with E-state index >= 15 is 0 Å². The number of carbonyl (C=O) groups is 2. The maximum Gasteiger partial charge on any atom is 0.408 e. The van der Waals surface area contributed by atoms with Crippen molar-refractivity contribution in [1.82, 2.24) is 30.8 Å². The molecule has 3 unspecified atom stereocenters. The summed E-state index contributed by atoms with van der Waals surface area (Å²) in [6.45, 7) is -0.444. The minimum absolute atomic E-state index is 0.384. The van der Waals surface area contributed by atoms with Crippen molar-refractivity contribution in [3.8, 4) is 0 Å². The summed E-state index contributed by atoms with van der Waals surface area (Å²) in [5.41, 5.74) is 0. The quantitative estimate of drug-likeness (QED) is 0.384. The van der Waals surface area contributed by atoms with E-state index in [1.54, 1.807) is 7.05 Å². The molecule has 1 aromatic rings. The number of alkyl halides is 3. The zero-order chi connectivity index (χ0) is 16.5. The van der Waals surface area contributed by atoms with E-state index in [1.165, 1.54) is 4.68 Å². The molecule has 0 bridgehead atoms. The van der Waals surface area contributed by atoms with Crippen LogP contribution in [0.2, 0.25) is 0 Å². The number of amides is 2. The third-order valence-electron chi connectivity index (χ3n) is 2.85. The summed E-state index contributed by atoms with van der Waals surface area (Å²) in [4.78, 5) is 23.2. The molecule has 0 saturated carbocycles. The number of aromatic nitrogens is 4. The summed E-state index contributed by atoms with van der Waals surface area (Å²) < 4.78 is 4.40. The van der Waals surface area contributed by atoms with Crippen LogP contribution in [0.5, 0.6) is 0 Å². The van der Waals surface area contributed by atoms with Gasteiger partial charge in [-0.1, -0.05) is 34.8 Å². The Hall–Kier alpha value is -0.970. The first kappa shape index (κ1) is 17.4. The van der Waals surface area contributed by atoms with E-state index in [0.29, 0.717) is 5.82 Å². The summed E-state index contributed by atoms with van der Waals surface area (Å²) in [6, 6.07) is -1.34. The zero-order valence-electron chi connectivity index (χ0n) is 11.0. The number of thiol groups is 1. The number of hydrogen-bond donors (Lipinski definition) is 3. The van der Waals surface area contributed by atoms with Crippen LogP contribution < -0.4 is 10.6 Å². The van der Waals surface area contributed by atoms with Crippen LogP contribution in [0.1, 0.15) is 11.1 Å². The van der Waals surface area contributed by atoms with Gasteiger partial charge in [0.1, 0.15) is 12.6 Å². The van der Waals surface area contributed by atoms with Crippen molar-refractivity contribution in [3.63, 3.8) is 0 Å². The normalized spacial score (nSPS) is 22.5. The van der Waals surface area contributed by atoms with Crippen molar-refractivity contribution in [3.05, 3.63) is 5.82 Å².